The average molecular weight is 250 g/mol. The van der Waals surface area contributed by atoms with Gasteiger partial charge in [0.1, 0.15) is 0 Å². The highest BCUT2D eigenvalue weighted by molar-refractivity contribution is 5.72. The molecule has 0 spiro atoms. The molecule has 18 heavy (non-hydrogen) atoms. The second-order valence-electron chi connectivity index (χ2n) is 4.51. The van der Waals surface area contributed by atoms with E-state index in [4.69, 9.17) is 9.52 Å². The molecule has 1 heterocycles. The monoisotopic (exact) mass is 250 g/mol. The van der Waals surface area contributed by atoms with E-state index in [-0.39, 0.29) is 6.61 Å². The number of unbranched alkanes of at least 4 members (excludes halogenated alkanes) is 1. The van der Waals surface area contributed by atoms with Crippen LogP contribution < -0.4 is 5.76 Å². The number of H-pyrrole nitrogens is 1. The molecule has 5 heteroatoms. The Kier molecular flexibility index (Phi) is 4.17. The van der Waals surface area contributed by atoms with E-state index in [0.29, 0.717) is 5.58 Å². The van der Waals surface area contributed by atoms with Gasteiger partial charge < -0.3 is 14.4 Å². The molecule has 0 aliphatic heterocycles. The van der Waals surface area contributed by atoms with Crippen LogP contribution in [0.5, 0.6) is 0 Å². The smallest absolute Gasteiger partial charge is 0.408 e. The predicted molar refractivity (Wildman–Crippen MR) is 69.5 cm³/mol. The molecule has 0 unspecified atom stereocenters. The predicted octanol–water partition coefficient (Wildman–Crippen LogP) is 1.33. The van der Waals surface area contributed by atoms with Crippen molar-refractivity contribution in [3.63, 3.8) is 0 Å². The van der Waals surface area contributed by atoms with Gasteiger partial charge in [0.2, 0.25) is 0 Å². The number of aliphatic hydroxyl groups is 1. The highest BCUT2D eigenvalue weighted by Gasteiger charge is 2.04. The summed E-state index contributed by atoms with van der Waals surface area (Å²) in [6.45, 7) is 1.99. The molecule has 98 valence electrons. The van der Waals surface area contributed by atoms with E-state index in [1.165, 1.54) is 0 Å². The van der Waals surface area contributed by atoms with E-state index in [1.807, 2.05) is 25.2 Å². The lowest BCUT2D eigenvalue weighted by molar-refractivity contribution is 0.261. The summed E-state index contributed by atoms with van der Waals surface area (Å²) in [4.78, 5) is 15.8. The van der Waals surface area contributed by atoms with Crippen LogP contribution in [0.4, 0.5) is 0 Å². The first-order chi connectivity index (χ1) is 8.69. The Hall–Kier alpha value is -1.59. The van der Waals surface area contributed by atoms with Crippen molar-refractivity contribution in [3.8, 4) is 0 Å². The van der Waals surface area contributed by atoms with Crippen LogP contribution in [-0.4, -0.2) is 35.2 Å². The van der Waals surface area contributed by atoms with E-state index < -0.39 is 5.76 Å². The second kappa shape index (κ2) is 5.84. The minimum atomic E-state index is -0.418. The zero-order chi connectivity index (χ0) is 13.0. The highest BCUT2D eigenvalue weighted by Crippen LogP contribution is 2.13. The first-order valence-electron chi connectivity index (χ1n) is 6.10. The van der Waals surface area contributed by atoms with Gasteiger partial charge in [-0.15, -0.1) is 0 Å². The maximum atomic E-state index is 11.0. The van der Waals surface area contributed by atoms with Gasteiger partial charge in [-0.25, -0.2) is 4.79 Å². The average Bonchev–Trinajstić information content (AvgIpc) is 2.69. The maximum Gasteiger partial charge on any atom is 0.417 e. The molecule has 0 aliphatic rings. The third kappa shape index (κ3) is 3.21. The number of aliphatic hydroxyl groups excluding tert-OH is 1. The summed E-state index contributed by atoms with van der Waals surface area (Å²) in [6, 6.07) is 5.73. The van der Waals surface area contributed by atoms with Crippen LogP contribution in [0.25, 0.3) is 11.1 Å². The number of aromatic nitrogens is 1. The SMILES string of the molecule is CN(CCCCO)Cc1ccc2[nH]c(=O)oc2c1. The van der Waals surface area contributed by atoms with Crippen LogP contribution in [0.15, 0.2) is 27.4 Å². The molecule has 0 atom stereocenters. The van der Waals surface area contributed by atoms with Gasteiger partial charge in [-0.05, 0) is 44.1 Å². The van der Waals surface area contributed by atoms with Gasteiger partial charge in [0.05, 0.1) is 5.52 Å². The summed E-state index contributed by atoms with van der Waals surface area (Å²) in [7, 11) is 2.04. The number of nitrogens with one attached hydrogen (secondary N) is 1. The highest BCUT2D eigenvalue weighted by atomic mass is 16.4. The van der Waals surface area contributed by atoms with Gasteiger partial charge in [0.25, 0.3) is 0 Å². The van der Waals surface area contributed by atoms with Crippen LogP contribution in [0.1, 0.15) is 18.4 Å². The van der Waals surface area contributed by atoms with Gasteiger partial charge in [-0.2, -0.15) is 0 Å². The molecule has 1 aromatic heterocycles. The molecule has 2 aromatic rings. The van der Waals surface area contributed by atoms with E-state index in [1.54, 1.807) is 0 Å². The fourth-order valence-electron chi connectivity index (χ4n) is 1.97. The first kappa shape index (κ1) is 12.9. The third-order valence-electron chi connectivity index (χ3n) is 2.89. The fourth-order valence-corrected chi connectivity index (χ4v) is 1.97. The van der Waals surface area contributed by atoms with Crippen LogP contribution in [0.2, 0.25) is 0 Å². The van der Waals surface area contributed by atoms with Crippen molar-refractivity contribution in [2.24, 2.45) is 0 Å². The lowest BCUT2D eigenvalue weighted by Crippen LogP contribution is -2.19. The van der Waals surface area contributed by atoms with Gasteiger partial charge in [0, 0.05) is 13.2 Å². The molecule has 2 N–H and O–H groups in total. The Balaban J connectivity index is 2.00. The molecule has 0 amide bonds. The Morgan fingerprint density at radius 2 is 2.22 bits per heavy atom. The number of benzene rings is 1. The van der Waals surface area contributed by atoms with Crippen molar-refractivity contribution in [1.82, 2.24) is 9.88 Å². The minimum Gasteiger partial charge on any atom is -0.408 e. The molecular weight excluding hydrogens is 232 g/mol. The van der Waals surface area contributed by atoms with Crippen molar-refractivity contribution in [2.45, 2.75) is 19.4 Å². The molecule has 2 rings (SSSR count). The van der Waals surface area contributed by atoms with Crippen molar-refractivity contribution in [2.75, 3.05) is 20.2 Å². The van der Waals surface area contributed by atoms with E-state index in [9.17, 15) is 4.79 Å². The quantitative estimate of drug-likeness (QED) is 0.759. The van der Waals surface area contributed by atoms with E-state index in [0.717, 1.165) is 37.0 Å². The number of hydrogen-bond donors (Lipinski definition) is 2. The molecule has 0 saturated heterocycles. The molecule has 0 radical (unpaired) electrons. The van der Waals surface area contributed by atoms with Crippen LogP contribution in [0, 0.1) is 0 Å². The van der Waals surface area contributed by atoms with Crippen molar-refractivity contribution < 1.29 is 9.52 Å². The second-order valence-corrected chi connectivity index (χ2v) is 4.51. The molecular formula is C13H18N2O3. The van der Waals surface area contributed by atoms with Gasteiger partial charge in [-0.3, -0.25) is 4.98 Å². The van der Waals surface area contributed by atoms with Crippen molar-refractivity contribution in [3.05, 3.63) is 34.3 Å². The molecule has 1 aromatic carbocycles. The largest absolute Gasteiger partial charge is 0.417 e. The topological polar surface area (TPSA) is 69.5 Å². The molecule has 0 fully saturated rings. The van der Waals surface area contributed by atoms with Gasteiger partial charge in [0.15, 0.2) is 5.58 Å². The minimum absolute atomic E-state index is 0.244. The third-order valence-corrected chi connectivity index (χ3v) is 2.89. The Bertz CT molecular complexity index is 559. The first-order valence-corrected chi connectivity index (χ1v) is 6.10. The zero-order valence-corrected chi connectivity index (χ0v) is 10.5. The summed E-state index contributed by atoms with van der Waals surface area (Å²) in [5.74, 6) is -0.418. The summed E-state index contributed by atoms with van der Waals surface area (Å²) >= 11 is 0. The van der Waals surface area contributed by atoms with Gasteiger partial charge in [-0.1, -0.05) is 6.07 Å². The molecule has 0 saturated carbocycles. The summed E-state index contributed by atoms with van der Waals surface area (Å²) in [5, 5.41) is 8.73. The van der Waals surface area contributed by atoms with Crippen LogP contribution in [-0.2, 0) is 6.54 Å². The number of oxazole rings is 1. The summed E-state index contributed by atoms with van der Waals surface area (Å²) in [5.41, 5.74) is 2.43. The number of hydrogen-bond acceptors (Lipinski definition) is 4. The van der Waals surface area contributed by atoms with Crippen molar-refractivity contribution in [1.29, 1.82) is 0 Å². The van der Waals surface area contributed by atoms with Crippen LogP contribution >= 0.6 is 0 Å². The standard InChI is InChI=1S/C13H18N2O3/c1-15(6-2-3-7-16)9-10-4-5-11-12(8-10)18-13(17)14-11/h4-5,8,16H,2-3,6-7,9H2,1H3,(H,14,17). The number of aromatic amines is 1. The Morgan fingerprint density at radius 1 is 1.39 bits per heavy atom. The van der Waals surface area contributed by atoms with Crippen molar-refractivity contribution >= 4 is 11.1 Å². The van der Waals surface area contributed by atoms with E-state index >= 15 is 0 Å². The lowest BCUT2D eigenvalue weighted by atomic mass is 10.2. The molecule has 5 nitrogen and oxygen atoms in total. The maximum absolute atomic E-state index is 11.0. The van der Waals surface area contributed by atoms with Crippen LogP contribution in [0.3, 0.4) is 0 Å². The summed E-state index contributed by atoms with van der Waals surface area (Å²) in [6.07, 6.45) is 1.81. The Morgan fingerprint density at radius 3 is 3.00 bits per heavy atom. The number of fused-ring (bicyclic) bond motifs is 1. The molecule has 0 aliphatic carbocycles. The fraction of sp³-hybridized carbons (Fsp3) is 0.462. The van der Waals surface area contributed by atoms with Gasteiger partial charge >= 0.3 is 5.76 Å². The Labute approximate surface area is 105 Å². The number of nitrogens with zero attached hydrogens (tertiary/aromatic N) is 1. The lowest BCUT2D eigenvalue weighted by Gasteiger charge is -2.16. The normalized spacial score (nSPS) is 11.5. The van der Waals surface area contributed by atoms with E-state index in [2.05, 4.69) is 9.88 Å². The number of rotatable bonds is 6. The summed E-state index contributed by atoms with van der Waals surface area (Å²) < 4.78 is 5.03. The zero-order valence-electron chi connectivity index (χ0n) is 10.5. The molecule has 0 bridgehead atoms.